The van der Waals surface area contributed by atoms with Gasteiger partial charge in [-0.15, -0.1) is 0 Å². The summed E-state index contributed by atoms with van der Waals surface area (Å²) in [6.07, 6.45) is 3.30. The highest BCUT2D eigenvalue weighted by atomic mass is 16.5. The molecule has 4 nitrogen and oxygen atoms in total. The number of hydrogen-bond donors (Lipinski definition) is 1. The van der Waals surface area contributed by atoms with Crippen molar-refractivity contribution in [2.45, 2.75) is 33.6 Å². The Morgan fingerprint density at radius 2 is 1.96 bits per heavy atom. The predicted molar refractivity (Wildman–Crippen MR) is 107 cm³/mol. The number of anilines is 1. The van der Waals surface area contributed by atoms with Gasteiger partial charge in [0.05, 0.1) is 13.7 Å². The zero-order chi connectivity index (χ0) is 19.1. The largest absolute Gasteiger partial charge is 0.493 e. The number of benzene rings is 2. The monoisotopic (exact) mass is 353 g/mol. The molecule has 0 unspecified atom stereocenters. The molecule has 0 aliphatic rings. The lowest BCUT2D eigenvalue weighted by Gasteiger charge is -2.15. The van der Waals surface area contributed by atoms with E-state index in [-0.39, 0.29) is 5.91 Å². The zero-order valence-electron chi connectivity index (χ0n) is 16.1. The zero-order valence-corrected chi connectivity index (χ0v) is 16.1. The average Bonchev–Trinajstić information content (AvgIpc) is 2.62. The lowest BCUT2D eigenvalue weighted by Crippen LogP contribution is -2.11. The molecule has 0 radical (unpaired) electrons. The highest BCUT2D eigenvalue weighted by Gasteiger charge is 2.10. The molecular weight excluding hydrogens is 326 g/mol. The number of hydrogen-bond acceptors (Lipinski definition) is 3. The van der Waals surface area contributed by atoms with Gasteiger partial charge in [0.2, 0.25) is 5.91 Å². The lowest BCUT2D eigenvalue weighted by atomic mass is 9.98. The lowest BCUT2D eigenvalue weighted by molar-refractivity contribution is -0.111. The Bertz CT molecular complexity index is 794. The maximum atomic E-state index is 12.4. The summed E-state index contributed by atoms with van der Waals surface area (Å²) in [5.41, 5.74) is 3.95. The first-order valence-electron chi connectivity index (χ1n) is 8.85. The SMILES string of the molecule is CCOc1ccc(/C=C/C(=O)Nc2c(C)cccc2C(C)C)cc1OC. The molecule has 0 bridgehead atoms. The third-order valence-electron chi connectivity index (χ3n) is 4.09. The van der Waals surface area contributed by atoms with Crippen molar-refractivity contribution >= 4 is 17.7 Å². The predicted octanol–water partition coefficient (Wildman–Crippen LogP) is 5.18. The molecule has 4 heteroatoms. The Morgan fingerprint density at radius 3 is 2.62 bits per heavy atom. The van der Waals surface area contributed by atoms with E-state index in [1.165, 1.54) is 6.08 Å². The molecule has 1 amide bonds. The van der Waals surface area contributed by atoms with E-state index >= 15 is 0 Å². The fourth-order valence-electron chi connectivity index (χ4n) is 2.74. The minimum absolute atomic E-state index is 0.158. The second-order valence-corrected chi connectivity index (χ2v) is 6.36. The molecule has 0 spiro atoms. The Labute approximate surface area is 155 Å². The van der Waals surface area contributed by atoms with Crippen LogP contribution in [0, 0.1) is 6.92 Å². The van der Waals surface area contributed by atoms with E-state index < -0.39 is 0 Å². The Balaban J connectivity index is 2.16. The molecule has 0 atom stereocenters. The Morgan fingerprint density at radius 1 is 1.19 bits per heavy atom. The maximum Gasteiger partial charge on any atom is 0.248 e. The molecule has 0 fully saturated rings. The number of nitrogens with one attached hydrogen (secondary N) is 1. The first-order chi connectivity index (χ1) is 12.5. The first-order valence-corrected chi connectivity index (χ1v) is 8.85. The highest BCUT2D eigenvalue weighted by molar-refractivity contribution is 6.02. The number of amides is 1. The summed E-state index contributed by atoms with van der Waals surface area (Å²) in [5.74, 6) is 1.52. The Hall–Kier alpha value is -2.75. The molecular formula is C22H27NO3. The van der Waals surface area contributed by atoms with E-state index in [2.05, 4.69) is 19.2 Å². The van der Waals surface area contributed by atoms with Crippen molar-refractivity contribution < 1.29 is 14.3 Å². The quantitative estimate of drug-likeness (QED) is 0.698. The van der Waals surface area contributed by atoms with E-state index in [9.17, 15) is 4.79 Å². The topological polar surface area (TPSA) is 47.6 Å². The van der Waals surface area contributed by atoms with Crippen LogP contribution in [0.25, 0.3) is 6.08 Å². The third-order valence-corrected chi connectivity index (χ3v) is 4.09. The average molecular weight is 353 g/mol. The van der Waals surface area contributed by atoms with Gasteiger partial charge in [0.15, 0.2) is 11.5 Å². The number of rotatable bonds is 7. The van der Waals surface area contributed by atoms with Crippen LogP contribution in [0.15, 0.2) is 42.5 Å². The molecule has 2 rings (SSSR count). The number of ether oxygens (including phenoxy) is 2. The number of carbonyl (C=O) groups excluding carboxylic acids is 1. The van der Waals surface area contributed by atoms with Crippen LogP contribution in [0.1, 0.15) is 43.4 Å². The molecule has 2 aromatic rings. The van der Waals surface area contributed by atoms with Gasteiger partial charge in [0.25, 0.3) is 0 Å². The van der Waals surface area contributed by atoms with E-state index in [1.54, 1.807) is 13.2 Å². The summed E-state index contributed by atoms with van der Waals surface area (Å²) < 4.78 is 10.8. The van der Waals surface area contributed by atoms with E-state index in [4.69, 9.17) is 9.47 Å². The minimum Gasteiger partial charge on any atom is -0.493 e. The molecule has 0 saturated carbocycles. The number of carbonyl (C=O) groups is 1. The van der Waals surface area contributed by atoms with Gasteiger partial charge in [-0.3, -0.25) is 4.79 Å². The molecule has 138 valence electrons. The first kappa shape index (κ1) is 19.6. The molecule has 0 aliphatic heterocycles. The van der Waals surface area contributed by atoms with Crippen molar-refractivity contribution in [2.24, 2.45) is 0 Å². The molecule has 1 N–H and O–H groups in total. The van der Waals surface area contributed by atoms with Crippen LogP contribution in [-0.2, 0) is 4.79 Å². The third kappa shape index (κ3) is 4.88. The van der Waals surface area contributed by atoms with Gasteiger partial charge < -0.3 is 14.8 Å². The minimum atomic E-state index is -0.158. The number of aryl methyl sites for hydroxylation is 1. The van der Waals surface area contributed by atoms with Crippen molar-refractivity contribution in [3.8, 4) is 11.5 Å². The number of para-hydroxylation sites is 1. The van der Waals surface area contributed by atoms with E-state index in [0.717, 1.165) is 22.4 Å². The Kier molecular flexibility index (Phi) is 6.84. The molecule has 0 aromatic heterocycles. The summed E-state index contributed by atoms with van der Waals surface area (Å²) >= 11 is 0. The van der Waals surface area contributed by atoms with Gasteiger partial charge in [0.1, 0.15) is 0 Å². The molecule has 0 saturated heterocycles. The van der Waals surface area contributed by atoms with Crippen molar-refractivity contribution in [2.75, 3.05) is 19.0 Å². The van der Waals surface area contributed by atoms with E-state index in [1.807, 2.05) is 50.2 Å². The van der Waals surface area contributed by atoms with Gasteiger partial charge in [-0.1, -0.05) is 38.1 Å². The normalized spacial score (nSPS) is 11.0. The van der Waals surface area contributed by atoms with Gasteiger partial charge in [-0.05, 0) is 54.7 Å². The molecule has 2 aromatic carbocycles. The van der Waals surface area contributed by atoms with Crippen LogP contribution in [0.3, 0.4) is 0 Å². The van der Waals surface area contributed by atoms with Gasteiger partial charge in [-0.25, -0.2) is 0 Å². The van der Waals surface area contributed by atoms with Crippen LogP contribution in [0.5, 0.6) is 11.5 Å². The molecule has 0 heterocycles. The fraction of sp³-hybridized carbons (Fsp3) is 0.318. The van der Waals surface area contributed by atoms with Crippen LogP contribution in [-0.4, -0.2) is 19.6 Å². The van der Waals surface area contributed by atoms with Crippen LogP contribution < -0.4 is 14.8 Å². The van der Waals surface area contributed by atoms with Crippen LogP contribution >= 0.6 is 0 Å². The smallest absolute Gasteiger partial charge is 0.248 e. The van der Waals surface area contributed by atoms with Gasteiger partial charge in [-0.2, -0.15) is 0 Å². The van der Waals surface area contributed by atoms with Crippen molar-refractivity contribution in [1.29, 1.82) is 0 Å². The van der Waals surface area contributed by atoms with Gasteiger partial charge >= 0.3 is 0 Å². The summed E-state index contributed by atoms with van der Waals surface area (Å²) in [5, 5.41) is 3.01. The second-order valence-electron chi connectivity index (χ2n) is 6.36. The summed E-state index contributed by atoms with van der Waals surface area (Å²) in [4.78, 5) is 12.4. The van der Waals surface area contributed by atoms with E-state index in [0.29, 0.717) is 24.0 Å². The molecule has 26 heavy (non-hydrogen) atoms. The maximum absolute atomic E-state index is 12.4. The van der Waals surface area contributed by atoms with Crippen LogP contribution in [0.2, 0.25) is 0 Å². The fourth-order valence-corrected chi connectivity index (χ4v) is 2.74. The van der Waals surface area contributed by atoms with Crippen molar-refractivity contribution in [3.63, 3.8) is 0 Å². The second kappa shape index (κ2) is 9.09. The van der Waals surface area contributed by atoms with Crippen molar-refractivity contribution in [3.05, 3.63) is 59.2 Å². The van der Waals surface area contributed by atoms with Crippen LogP contribution in [0.4, 0.5) is 5.69 Å². The summed E-state index contributed by atoms with van der Waals surface area (Å²) in [6, 6.07) is 11.7. The van der Waals surface area contributed by atoms with Crippen molar-refractivity contribution in [1.82, 2.24) is 0 Å². The molecule has 0 aliphatic carbocycles. The summed E-state index contributed by atoms with van der Waals surface area (Å²) in [6.45, 7) is 8.73. The summed E-state index contributed by atoms with van der Waals surface area (Å²) in [7, 11) is 1.60. The highest BCUT2D eigenvalue weighted by Crippen LogP contribution is 2.29. The number of methoxy groups -OCH3 is 1. The van der Waals surface area contributed by atoms with Gasteiger partial charge in [0, 0.05) is 11.8 Å². The standard InChI is InChI=1S/C22H27NO3/c1-6-26-19-12-10-17(14-20(19)25-5)11-13-21(24)23-22-16(4)8-7-9-18(22)15(2)3/h7-15H,6H2,1-5H3,(H,23,24)/b13-11+.